The highest BCUT2D eigenvalue weighted by Crippen LogP contribution is 2.28. The minimum Gasteiger partial charge on any atom is -0.457 e. The third-order valence-electron chi connectivity index (χ3n) is 2.90. The molecular formula is C14H14N2O. The molecule has 0 spiro atoms. The molecule has 3 nitrogen and oxygen atoms in total. The Labute approximate surface area is 100 Å². The van der Waals surface area contributed by atoms with E-state index in [1.807, 2.05) is 18.2 Å². The number of aryl methyl sites for hydroxylation is 1. The van der Waals surface area contributed by atoms with E-state index in [0.29, 0.717) is 0 Å². The van der Waals surface area contributed by atoms with Crippen LogP contribution in [0.5, 0.6) is 11.5 Å². The lowest BCUT2D eigenvalue weighted by Gasteiger charge is -2.18. The fourth-order valence-electron chi connectivity index (χ4n) is 2.06. The number of fused-ring (bicyclic) bond motifs is 1. The van der Waals surface area contributed by atoms with Crippen LogP contribution in [0.15, 0.2) is 42.7 Å². The van der Waals surface area contributed by atoms with Crippen molar-refractivity contribution in [1.29, 1.82) is 0 Å². The number of anilines is 1. The second-order valence-corrected chi connectivity index (χ2v) is 4.13. The van der Waals surface area contributed by atoms with Gasteiger partial charge < -0.3 is 10.1 Å². The Morgan fingerprint density at radius 1 is 1.06 bits per heavy atom. The van der Waals surface area contributed by atoms with Crippen molar-refractivity contribution < 1.29 is 4.74 Å². The van der Waals surface area contributed by atoms with Crippen LogP contribution in [0.2, 0.25) is 0 Å². The van der Waals surface area contributed by atoms with Crippen molar-refractivity contribution in [2.24, 2.45) is 0 Å². The standard InChI is InChI=1S/C14H14N2O/c1-2-11-10-13(3-4-14(11)16-7-1)17-12-5-8-15-9-6-12/h3-6,8-10,16H,1-2,7H2. The Balaban J connectivity index is 1.84. The van der Waals surface area contributed by atoms with E-state index in [2.05, 4.69) is 22.4 Å². The Kier molecular flexibility index (Phi) is 2.66. The van der Waals surface area contributed by atoms with Gasteiger partial charge in [0.05, 0.1) is 0 Å². The maximum absolute atomic E-state index is 5.78. The van der Waals surface area contributed by atoms with E-state index in [-0.39, 0.29) is 0 Å². The summed E-state index contributed by atoms with van der Waals surface area (Å²) in [5.74, 6) is 1.71. The van der Waals surface area contributed by atoms with Crippen molar-refractivity contribution in [3.05, 3.63) is 48.3 Å². The van der Waals surface area contributed by atoms with E-state index < -0.39 is 0 Å². The molecule has 17 heavy (non-hydrogen) atoms. The third-order valence-corrected chi connectivity index (χ3v) is 2.90. The number of hydrogen-bond donors (Lipinski definition) is 1. The van der Waals surface area contributed by atoms with Crippen LogP contribution in [0, 0.1) is 0 Å². The van der Waals surface area contributed by atoms with Crippen molar-refractivity contribution in [3.63, 3.8) is 0 Å². The molecule has 0 bridgehead atoms. The number of hydrogen-bond acceptors (Lipinski definition) is 3. The lowest BCUT2D eigenvalue weighted by Crippen LogP contribution is -2.11. The second kappa shape index (κ2) is 4.45. The van der Waals surface area contributed by atoms with Crippen molar-refractivity contribution in [2.45, 2.75) is 12.8 Å². The van der Waals surface area contributed by atoms with Crippen LogP contribution < -0.4 is 10.1 Å². The molecule has 0 saturated heterocycles. The normalized spacial score (nSPS) is 13.6. The van der Waals surface area contributed by atoms with Gasteiger partial charge in [-0.2, -0.15) is 0 Å². The molecule has 0 unspecified atom stereocenters. The number of aromatic nitrogens is 1. The van der Waals surface area contributed by atoms with Gasteiger partial charge in [0.2, 0.25) is 0 Å². The highest BCUT2D eigenvalue weighted by atomic mass is 16.5. The first-order valence-electron chi connectivity index (χ1n) is 5.86. The smallest absolute Gasteiger partial charge is 0.130 e. The van der Waals surface area contributed by atoms with Gasteiger partial charge in [0.25, 0.3) is 0 Å². The minimum atomic E-state index is 0.823. The summed E-state index contributed by atoms with van der Waals surface area (Å²) in [6, 6.07) is 9.92. The first kappa shape index (κ1) is 10.1. The number of benzene rings is 1. The second-order valence-electron chi connectivity index (χ2n) is 4.13. The van der Waals surface area contributed by atoms with E-state index in [1.165, 1.54) is 17.7 Å². The fraction of sp³-hybridized carbons (Fsp3) is 0.214. The summed E-state index contributed by atoms with van der Waals surface area (Å²) >= 11 is 0. The van der Waals surface area contributed by atoms with Crippen LogP contribution in [0.1, 0.15) is 12.0 Å². The Bertz CT molecular complexity index is 511. The van der Waals surface area contributed by atoms with E-state index in [4.69, 9.17) is 4.74 Å². The van der Waals surface area contributed by atoms with Crippen molar-refractivity contribution >= 4 is 5.69 Å². The van der Waals surface area contributed by atoms with Gasteiger partial charge in [-0.15, -0.1) is 0 Å². The molecule has 1 N–H and O–H groups in total. The van der Waals surface area contributed by atoms with Gasteiger partial charge in [0.15, 0.2) is 0 Å². The molecule has 1 aliphatic rings. The molecule has 86 valence electrons. The first-order chi connectivity index (χ1) is 8.42. The van der Waals surface area contributed by atoms with Crippen LogP contribution >= 0.6 is 0 Å². The Morgan fingerprint density at radius 3 is 2.82 bits per heavy atom. The third kappa shape index (κ3) is 2.23. The molecule has 0 aliphatic carbocycles. The van der Waals surface area contributed by atoms with E-state index in [9.17, 15) is 0 Å². The van der Waals surface area contributed by atoms with E-state index >= 15 is 0 Å². The maximum atomic E-state index is 5.78. The number of rotatable bonds is 2. The van der Waals surface area contributed by atoms with Crippen molar-refractivity contribution in [3.8, 4) is 11.5 Å². The molecule has 3 rings (SSSR count). The molecule has 0 atom stereocenters. The van der Waals surface area contributed by atoms with Gasteiger partial charge in [0, 0.05) is 24.6 Å². The summed E-state index contributed by atoms with van der Waals surface area (Å²) in [4.78, 5) is 3.97. The lowest BCUT2D eigenvalue weighted by atomic mass is 10.0. The van der Waals surface area contributed by atoms with Gasteiger partial charge in [-0.3, -0.25) is 4.98 Å². The predicted octanol–water partition coefficient (Wildman–Crippen LogP) is 3.23. The average Bonchev–Trinajstić information content (AvgIpc) is 2.40. The van der Waals surface area contributed by atoms with Gasteiger partial charge in [-0.1, -0.05) is 0 Å². The molecule has 0 saturated carbocycles. The van der Waals surface area contributed by atoms with Gasteiger partial charge in [-0.05, 0) is 48.7 Å². The Morgan fingerprint density at radius 2 is 1.94 bits per heavy atom. The first-order valence-corrected chi connectivity index (χ1v) is 5.86. The molecule has 2 aromatic rings. The number of pyridine rings is 1. The van der Waals surface area contributed by atoms with Gasteiger partial charge in [0.1, 0.15) is 11.5 Å². The molecule has 0 amide bonds. The monoisotopic (exact) mass is 226 g/mol. The lowest BCUT2D eigenvalue weighted by molar-refractivity contribution is 0.481. The van der Waals surface area contributed by atoms with E-state index in [1.54, 1.807) is 12.4 Å². The average molecular weight is 226 g/mol. The minimum absolute atomic E-state index is 0.823. The summed E-state index contributed by atoms with van der Waals surface area (Å²) in [7, 11) is 0. The van der Waals surface area contributed by atoms with Crippen molar-refractivity contribution in [1.82, 2.24) is 4.98 Å². The summed E-state index contributed by atoms with van der Waals surface area (Å²) in [6.45, 7) is 1.07. The summed E-state index contributed by atoms with van der Waals surface area (Å²) in [6.07, 6.45) is 5.77. The molecule has 2 heterocycles. The van der Waals surface area contributed by atoms with Gasteiger partial charge in [-0.25, -0.2) is 0 Å². The van der Waals surface area contributed by atoms with Crippen LogP contribution in [-0.2, 0) is 6.42 Å². The van der Waals surface area contributed by atoms with E-state index in [0.717, 1.165) is 24.5 Å². The molecule has 1 aromatic heterocycles. The van der Waals surface area contributed by atoms with Gasteiger partial charge >= 0.3 is 0 Å². The predicted molar refractivity (Wildman–Crippen MR) is 67.6 cm³/mol. The van der Waals surface area contributed by atoms with Crippen LogP contribution in [0.25, 0.3) is 0 Å². The molecular weight excluding hydrogens is 212 g/mol. The topological polar surface area (TPSA) is 34.1 Å². The zero-order valence-electron chi connectivity index (χ0n) is 9.52. The summed E-state index contributed by atoms with van der Waals surface area (Å²) < 4.78 is 5.78. The molecule has 3 heteroatoms. The highest BCUT2D eigenvalue weighted by molar-refractivity contribution is 5.56. The number of nitrogens with one attached hydrogen (secondary N) is 1. The SMILES string of the molecule is c1cc(Oc2ccc3c(c2)CCCN3)ccn1. The van der Waals surface area contributed by atoms with Crippen LogP contribution in [-0.4, -0.2) is 11.5 Å². The highest BCUT2D eigenvalue weighted by Gasteiger charge is 2.09. The van der Waals surface area contributed by atoms with Crippen molar-refractivity contribution in [2.75, 3.05) is 11.9 Å². The molecule has 1 aliphatic heterocycles. The summed E-state index contributed by atoms with van der Waals surface area (Å²) in [5.41, 5.74) is 2.57. The van der Waals surface area contributed by atoms with Crippen LogP contribution in [0.4, 0.5) is 5.69 Å². The Hall–Kier alpha value is -2.03. The number of nitrogens with zero attached hydrogens (tertiary/aromatic N) is 1. The largest absolute Gasteiger partial charge is 0.457 e. The zero-order valence-corrected chi connectivity index (χ0v) is 9.52. The molecule has 1 aromatic carbocycles. The molecule has 0 radical (unpaired) electrons. The maximum Gasteiger partial charge on any atom is 0.130 e. The van der Waals surface area contributed by atoms with Crippen LogP contribution in [0.3, 0.4) is 0 Å². The quantitative estimate of drug-likeness (QED) is 0.853. The number of ether oxygens (including phenoxy) is 1. The summed E-state index contributed by atoms with van der Waals surface area (Å²) in [5, 5.41) is 3.39. The molecule has 0 fully saturated rings. The zero-order chi connectivity index (χ0) is 11.5. The fourth-order valence-corrected chi connectivity index (χ4v) is 2.06.